The lowest BCUT2D eigenvalue weighted by molar-refractivity contribution is 0.629. The molecule has 10 rings (SSSR count). The molecule has 0 heterocycles. The molecule has 0 radical (unpaired) electrons. The van der Waals surface area contributed by atoms with Crippen molar-refractivity contribution < 1.29 is 4.39 Å². The molecule has 0 aliphatic heterocycles. The predicted octanol–water partition coefficient (Wildman–Crippen LogP) is 13.7. The number of hydrogen-bond acceptors (Lipinski definition) is 1. The summed E-state index contributed by atoms with van der Waals surface area (Å²) < 4.78 is 17.2. The van der Waals surface area contributed by atoms with E-state index in [1.165, 1.54) is 43.4 Å². The Labute approximate surface area is 365 Å². The van der Waals surface area contributed by atoms with Gasteiger partial charge in [-0.05, 0) is 96.5 Å². The van der Waals surface area contributed by atoms with Gasteiger partial charge < -0.3 is 4.90 Å². The fourth-order valence-electron chi connectivity index (χ4n) is 9.54. The van der Waals surface area contributed by atoms with E-state index in [1.54, 1.807) is 6.07 Å². The van der Waals surface area contributed by atoms with Crippen molar-refractivity contribution in [1.29, 1.82) is 0 Å². The van der Waals surface area contributed by atoms with Gasteiger partial charge >= 0.3 is 0 Å². The minimum Gasteiger partial charge on any atom is -0.307 e. The van der Waals surface area contributed by atoms with Gasteiger partial charge in [-0.2, -0.15) is 0 Å². The lowest BCUT2D eigenvalue weighted by atomic mass is 9.81. The molecule has 0 saturated carbocycles. The molecule has 0 atom stereocenters. The summed E-state index contributed by atoms with van der Waals surface area (Å²) in [6, 6.07) is 80.9. The highest BCUT2D eigenvalue weighted by Crippen LogP contribution is 2.52. The molecule has 298 valence electrons. The molecule has 9 aromatic carbocycles. The molecule has 1 nitrogen and oxygen atoms in total. The van der Waals surface area contributed by atoms with Crippen LogP contribution >= 0.6 is 0 Å². The van der Waals surface area contributed by atoms with E-state index in [9.17, 15) is 0 Å². The zero-order valence-electron chi connectivity index (χ0n) is 34.9. The minimum absolute atomic E-state index is 0.283. The fraction of sp³-hybridized carbons (Fsp3) is 0.0508. The van der Waals surface area contributed by atoms with Crippen molar-refractivity contribution in [2.24, 2.45) is 0 Å². The van der Waals surface area contributed by atoms with Crippen LogP contribution in [0.2, 0.25) is 0 Å². The second kappa shape index (κ2) is 16.3. The Morgan fingerprint density at radius 2 is 0.887 bits per heavy atom. The molecule has 0 amide bonds. The fourth-order valence-corrected chi connectivity index (χ4v) is 13.7. The highest BCUT2D eigenvalue weighted by Gasteiger charge is 2.38. The van der Waals surface area contributed by atoms with Crippen LogP contribution in [0, 0.1) is 5.82 Å². The maximum Gasteiger partial charge on any atom is 0.172 e. The van der Waals surface area contributed by atoms with E-state index in [2.05, 4.69) is 188 Å². The minimum atomic E-state index is -2.59. The third kappa shape index (κ3) is 6.91. The molecule has 0 spiro atoms. The quantitative estimate of drug-likeness (QED) is 0.0982. The molecule has 0 N–H and O–H groups in total. The van der Waals surface area contributed by atoms with Crippen molar-refractivity contribution in [2.45, 2.75) is 19.3 Å². The molecule has 0 fully saturated rings. The normalized spacial score (nSPS) is 12.8. The number of nitrogens with zero attached hydrogens (tertiary/aromatic N) is 1. The van der Waals surface area contributed by atoms with Gasteiger partial charge in [0.05, 0.1) is 5.69 Å². The molecule has 3 heteroatoms. The first-order valence-electron chi connectivity index (χ1n) is 21.4. The molecule has 0 unspecified atom stereocenters. The van der Waals surface area contributed by atoms with Crippen molar-refractivity contribution in [3.8, 4) is 33.4 Å². The summed E-state index contributed by atoms with van der Waals surface area (Å²) in [5.74, 6) is -0.283. The van der Waals surface area contributed by atoms with Crippen molar-refractivity contribution in [3.05, 3.63) is 259 Å². The Balaban J connectivity index is 1.09. The maximum atomic E-state index is 17.2. The summed E-state index contributed by atoms with van der Waals surface area (Å²) in [5, 5.41) is 4.04. The van der Waals surface area contributed by atoms with E-state index in [0.717, 1.165) is 33.6 Å². The van der Waals surface area contributed by atoms with Gasteiger partial charge in [-0.25, -0.2) is 4.39 Å². The van der Waals surface area contributed by atoms with E-state index in [0.29, 0.717) is 5.69 Å². The SMILES string of the molecule is CC1(C)c2cc(/C=C/[Si](c3ccccc3)(c3ccccc3)c3ccccc3)ccc2-c2ccc(N(c3ccccc3)c3c(F)cc(-c4ccccc4)cc3-c3ccccc3)cc21. The summed E-state index contributed by atoms with van der Waals surface area (Å²) in [6.45, 7) is 4.65. The lowest BCUT2D eigenvalue weighted by Gasteiger charge is -2.31. The Kier molecular flexibility index (Phi) is 10.2. The standard InChI is InChI=1S/C59H46FNSi/c1-59(2)55-39-43(37-38-62(49-27-15-6-16-28-49,50-29-17-7-18-30-50)51-31-19-8-20-32-51)33-35-52(55)53-36-34-48(42-56(53)59)61(47-25-13-5-14-26-47)58-54(45-23-11-4-12-24-45)40-46(41-57(58)60)44-21-9-3-10-22-44/h3-42H,1-2H3/b38-37+. The number of rotatable bonds is 10. The summed E-state index contributed by atoms with van der Waals surface area (Å²) in [7, 11) is -2.59. The van der Waals surface area contributed by atoms with Gasteiger partial charge in [0.15, 0.2) is 8.07 Å². The van der Waals surface area contributed by atoms with Gasteiger partial charge in [-0.1, -0.05) is 220 Å². The Bertz CT molecular complexity index is 2920. The van der Waals surface area contributed by atoms with Crippen LogP contribution in [0.15, 0.2) is 236 Å². The predicted molar refractivity (Wildman–Crippen MR) is 263 cm³/mol. The zero-order chi connectivity index (χ0) is 42.1. The number of fused-ring (bicyclic) bond motifs is 3. The van der Waals surface area contributed by atoms with Gasteiger partial charge in [0, 0.05) is 22.4 Å². The second-order valence-corrected chi connectivity index (χ2v) is 20.3. The number of para-hydroxylation sites is 1. The molecule has 0 aromatic heterocycles. The van der Waals surface area contributed by atoms with Gasteiger partial charge in [-0.3, -0.25) is 0 Å². The Morgan fingerprint density at radius 3 is 1.44 bits per heavy atom. The van der Waals surface area contributed by atoms with Gasteiger partial charge in [0.1, 0.15) is 5.82 Å². The van der Waals surface area contributed by atoms with Crippen molar-refractivity contribution in [1.82, 2.24) is 0 Å². The van der Waals surface area contributed by atoms with Gasteiger partial charge in [0.25, 0.3) is 0 Å². The largest absolute Gasteiger partial charge is 0.307 e. The van der Waals surface area contributed by atoms with Crippen LogP contribution in [0.4, 0.5) is 21.5 Å². The number of anilines is 3. The molecule has 0 bridgehead atoms. The summed E-state index contributed by atoms with van der Waals surface area (Å²) in [6.07, 6.45) is 2.36. The first-order chi connectivity index (χ1) is 30.4. The molecule has 1 aliphatic carbocycles. The van der Waals surface area contributed by atoms with Crippen molar-refractivity contribution in [3.63, 3.8) is 0 Å². The molecular weight excluding hydrogens is 770 g/mol. The molecular formula is C59H46FNSi. The molecule has 1 aliphatic rings. The van der Waals surface area contributed by atoms with Crippen LogP contribution in [-0.2, 0) is 5.41 Å². The number of hydrogen-bond donors (Lipinski definition) is 0. The summed E-state index contributed by atoms with van der Waals surface area (Å²) >= 11 is 0. The van der Waals surface area contributed by atoms with Gasteiger partial charge in [0.2, 0.25) is 0 Å². The highest BCUT2D eigenvalue weighted by atomic mass is 28.3. The smallest absolute Gasteiger partial charge is 0.172 e. The third-order valence-corrected chi connectivity index (χ3v) is 17.0. The first kappa shape index (κ1) is 38.8. The van der Waals surface area contributed by atoms with E-state index in [1.807, 2.05) is 66.7 Å². The van der Waals surface area contributed by atoms with Gasteiger partial charge in [-0.15, -0.1) is 0 Å². The monoisotopic (exact) mass is 815 g/mol. The molecule has 62 heavy (non-hydrogen) atoms. The van der Waals surface area contributed by atoms with Crippen LogP contribution in [0.3, 0.4) is 0 Å². The zero-order valence-corrected chi connectivity index (χ0v) is 35.9. The van der Waals surface area contributed by atoms with Crippen LogP contribution in [0.5, 0.6) is 0 Å². The van der Waals surface area contributed by atoms with Crippen LogP contribution in [0.25, 0.3) is 39.5 Å². The Hall–Kier alpha value is -7.33. The lowest BCUT2D eigenvalue weighted by Crippen LogP contribution is -2.66. The summed E-state index contributed by atoms with van der Waals surface area (Å²) in [5.41, 5.74) is 14.2. The average Bonchev–Trinajstić information content (AvgIpc) is 3.56. The van der Waals surface area contributed by atoms with Crippen molar-refractivity contribution >= 4 is 46.8 Å². The number of benzene rings is 9. The first-order valence-corrected chi connectivity index (χ1v) is 23.4. The molecule has 9 aromatic rings. The summed E-state index contributed by atoms with van der Waals surface area (Å²) in [4.78, 5) is 2.10. The third-order valence-electron chi connectivity index (χ3n) is 12.6. The van der Waals surface area contributed by atoms with Crippen LogP contribution in [0.1, 0.15) is 30.5 Å². The van der Waals surface area contributed by atoms with E-state index in [4.69, 9.17) is 0 Å². The molecule has 0 saturated heterocycles. The van der Waals surface area contributed by atoms with Crippen LogP contribution < -0.4 is 20.5 Å². The van der Waals surface area contributed by atoms with E-state index < -0.39 is 8.07 Å². The van der Waals surface area contributed by atoms with Crippen LogP contribution in [-0.4, -0.2) is 8.07 Å². The topological polar surface area (TPSA) is 3.24 Å². The van der Waals surface area contributed by atoms with E-state index in [-0.39, 0.29) is 11.2 Å². The highest BCUT2D eigenvalue weighted by molar-refractivity contribution is 7.15. The Morgan fingerprint density at radius 1 is 0.419 bits per heavy atom. The van der Waals surface area contributed by atoms with Crippen molar-refractivity contribution in [2.75, 3.05) is 4.90 Å². The maximum absolute atomic E-state index is 17.2. The van der Waals surface area contributed by atoms with E-state index >= 15 is 4.39 Å². The second-order valence-electron chi connectivity index (χ2n) is 16.7. The number of halogens is 1. The average molecular weight is 816 g/mol.